The topological polar surface area (TPSA) is 82.8 Å². The van der Waals surface area contributed by atoms with Crippen LogP contribution in [0, 0.1) is 0 Å². The summed E-state index contributed by atoms with van der Waals surface area (Å²) in [5.41, 5.74) is 1.86. The van der Waals surface area contributed by atoms with E-state index in [1.165, 1.54) is 11.8 Å². The lowest BCUT2D eigenvalue weighted by molar-refractivity contribution is 0.494. The molecule has 0 radical (unpaired) electrons. The molecule has 0 bridgehead atoms. The van der Waals surface area contributed by atoms with Crippen molar-refractivity contribution in [2.75, 3.05) is 0 Å². The van der Waals surface area contributed by atoms with Gasteiger partial charge < -0.3 is 8.83 Å². The van der Waals surface area contributed by atoms with Crippen molar-refractivity contribution in [1.82, 2.24) is 25.0 Å². The van der Waals surface area contributed by atoms with E-state index in [1.807, 2.05) is 28.8 Å². The number of hydrogen-bond acceptors (Lipinski definition) is 7. The molecule has 0 fully saturated rings. The lowest BCUT2D eigenvalue weighted by Gasteiger charge is -2.11. The number of aromatic nitrogens is 5. The van der Waals surface area contributed by atoms with Crippen LogP contribution in [0.15, 0.2) is 80.9 Å². The molecule has 0 spiro atoms. The van der Waals surface area contributed by atoms with Gasteiger partial charge in [-0.1, -0.05) is 65.3 Å². The van der Waals surface area contributed by atoms with Crippen molar-refractivity contribution in [3.8, 4) is 23.0 Å². The molecule has 10 heteroatoms. The predicted molar refractivity (Wildman–Crippen MR) is 123 cm³/mol. The molecule has 0 unspecified atom stereocenters. The molecule has 0 aliphatic carbocycles. The van der Waals surface area contributed by atoms with Gasteiger partial charge in [-0.3, -0.25) is 4.57 Å². The van der Waals surface area contributed by atoms with Crippen molar-refractivity contribution in [3.63, 3.8) is 0 Å². The molecular weight excluding hydrogens is 469 g/mol. The van der Waals surface area contributed by atoms with Crippen LogP contribution in [0.5, 0.6) is 0 Å². The van der Waals surface area contributed by atoms with Crippen molar-refractivity contribution in [3.05, 3.63) is 88.4 Å². The van der Waals surface area contributed by atoms with Gasteiger partial charge in [0.05, 0.1) is 23.6 Å². The molecule has 0 aliphatic heterocycles. The molecule has 3 aromatic heterocycles. The van der Waals surface area contributed by atoms with E-state index in [-0.39, 0.29) is 0 Å². The van der Waals surface area contributed by atoms with E-state index >= 15 is 0 Å². The van der Waals surface area contributed by atoms with Gasteiger partial charge in [0, 0.05) is 10.6 Å². The minimum atomic E-state index is 0.338. The fourth-order valence-electron chi connectivity index (χ4n) is 3.11. The zero-order chi connectivity index (χ0) is 21.9. The van der Waals surface area contributed by atoms with Crippen LogP contribution >= 0.6 is 35.0 Å². The van der Waals surface area contributed by atoms with Crippen molar-refractivity contribution in [1.29, 1.82) is 0 Å². The fourth-order valence-corrected chi connectivity index (χ4v) is 4.38. The fraction of sp³-hybridized carbons (Fsp3) is 0.0909. The molecule has 5 aromatic rings. The van der Waals surface area contributed by atoms with Crippen molar-refractivity contribution in [2.24, 2.45) is 0 Å². The van der Waals surface area contributed by atoms with Crippen molar-refractivity contribution >= 4 is 35.0 Å². The maximum Gasteiger partial charge on any atom is 0.283 e. The maximum absolute atomic E-state index is 6.46. The van der Waals surface area contributed by atoms with Crippen LogP contribution < -0.4 is 0 Å². The standard InChI is InChI=1S/C22H15Cl2N5O2S/c23-15-8-9-16(17(24)11-15)20-26-28-22(29(20)12-14-5-2-1-3-6-14)32-13-19-25-27-21(31-19)18-7-4-10-30-18/h1-11H,12-13H2. The van der Waals surface area contributed by atoms with Gasteiger partial charge in [0.1, 0.15) is 0 Å². The molecule has 0 atom stereocenters. The van der Waals surface area contributed by atoms with E-state index in [0.717, 1.165) is 11.1 Å². The van der Waals surface area contributed by atoms with Crippen LogP contribution in [0.1, 0.15) is 11.5 Å². The van der Waals surface area contributed by atoms with E-state index < -0.39 is 0 Å². The molecule has 3 heterocycles. The minimum absolute atomic E-state index is 0.338. The molecule has 0 saturated heterocycles. The smallest absolute Gasteiger partial charge is 0.283 e. The third-order valence-corrected chi connectivity index (χ3v) is 6.10. The highest BCUT2D eigenvalue weighted by molar-refractivity contribution is 7.98. The first kappa shape index (κ1) is 20.8. The number of benzene rings is 2. The first-order chi connectivity index (χ1) is 15.7. The highest BCUT2D eigenvalue weighted by Crippen LogP contribution is 2.33. The van der Waals surface area contributed by atoms with E-state index in [9.17, 15) is 0 Å². The summed E-state index contributed by atoms with van der Waals surface area (Å²) < 4.78 is 13.0. The van der Waals surface area contributed by atoms with Gasteiger partial charge in [0.15, 0.2) is 16.7 Å². The Morgan fingerprint density at radius 2 is 1.78 bits per heavy atom. The number of thioether (sulfide) groups is 1. The molecule has 0 amide bonds. The van der Waals surface area contributed by atoms with Crippen molar-refractivity contribution < 1.29 is 8.83 Å². The van der Waals surface area contributed by atoms with E-state index in [1.54, 1.807) is 30.5 Å². The average Bonchev–Trinajstić information content (AvgIpc) is 3.55. The first-order valence-corrected chi connectivity index (χ1v) is 11.3. The normalized spacial score (nSPS) is 11.2. The second kappa shape index (κ2) is 9.20. The van der Waals surface area contributed by atoms with Gasteiger partial charge in [-0.05, 0) is 35.9 Å². The summed E-state index contributed by atoms with van der Waals surface area (Å²) in [7, 11) is 0. The van der Waals surface area contributed by atoms with Crippen LogP contribution in [0.4, 0.5) is 0 Å². The highest BCUT2D eigenvalue weighted by atomic mass is 35.5. The van der Waals surface area contributed by atoms with Gasteiger partial charge in [-0.15, -0.1) is 20.4 Å². The molecule has 160 valence electrons. The van der Waals surface area contributed by atoms with Crippen LogP contribution in [0.2, 0.25) is 10.0 Å². The quantitative estimate of drug-likeness (QED) is 0.253. The van der Waals surface area contributed by atoms with E-state index in [0.29, 0.717) is 50.9 Å². The monoisotopic (exact) mass is 483 g/mol. The average molecular weight is 484 g/mol. The highest BCUT2D eigenvalue weighted by Gasteiger charge is 2.19. The Balaban J connectivity index is 1.44. The predicted octanol–water partition coefficient (Wildman–Crippen LogP) is 6.24. The first-order valence-electron chi connectivity index (χ1n) is 9.59. The summed E-state index contributed by atoms with van der Waals surface area (Å²) in [5, 5.41) is 18.7. The Hall–Kier alpha value is -3.07. The molecule has 2 aromatic carbocycles. The Kier molecular flexibility index (Phi) is 5.98. The summed E-state index contributed by atoms with van der Waals surface area (Å²) in [4.78, 5) is 0. The maximum atomic E-state index is 6.46. The minimum Gasteiger partial charge on any atom is -0.459 e. The molecule has 32 heavy (non-hydrogen) atoms. The summed E-state index contributed by atoms with van der Waals surface area (Å²) >= 11 is 14.0. The van der Waals surface area contributed by atoms with Crippen LogP contribution in [0.3, 0.4) is 0 Å². The molecule has 0 N–H and O–H groups in total. The van der Waals surface area contributed by atoms with Crippen LogP contribution in [-0.4, -0.2) is 25.0 Å². The lowest BCUT2D eigenvalue weighted by Crippen LogP contribution is -2.04. The number of hydrogen-bond donors (Lipinski definition) is 0. The molecule has 0 saturated carbocycles. The van der Waals surface area contributed by atoms with Gasteiger partial charge >= 0.3 is 0 Å². The number of halogens is 2. The second-order valence-corrected chi connectivity index (χ2v) is 8.56. The SMILES string of the molecule is Clc1ccc(-c2nnc(SCc3nnc(-c4ccco4)o3)n2Cc2ccccc2)c(Cl)c1. The van der Waals surface area contributed by atoms with Gasteiger partial charge in [-0.25, -0.2) is 0 Å². The largest absolute Gasteiger partial charge is 0.459 e. The second-order valence-electron chi connectivity index (χ2n) is 6.77. The molecule has 0 aliphatic rings. The van der Waals surface area contributed by atoms with Gasteiger partial charge in [0.2, 0.25) is 5.89 Å². The zero-order valence-corrected chi connectivity index (χ0v) is 18.8. The third kappa shape index (κ3) is 4.43. The number of rotatable bonds is 7. The molecule has 7 nitrogen and oxygen atoms in total. The van der Waals surface area contributed by atoms with E-state index in [4.69, 9.17) is 32.0 Å². The molecular formula is C22H15Cl2N5O2S. The summed E-state index contributed by atoms with van der Waals surface area (Å²) in [6.45, 7) is 0.575. The summed E-state index contributed by atoms with van der Waals surface area (Å²) in [5.74, 6) is 2.40. The number of nitrogens with zero attached hydrogens (tertiary/aromatic N) is 5. The zero-order valence-electron chi connectivity index (χ0n) is 16.5. The Bertz CT molecular complexity index is 1340. The van der Waals surface area contributed by atoms with Crippen molar-refractivity contribution in [2.45, 2.75) is 17.5 Å². The van der Waals surface area contributed by atoms with Gasteiger partial charge in [-0.2, -0.15) is 0 Å². The van der Waals surface area contributed by atoms with E-state index in [2.05, 4.69) is 32.5 Å². The Labute approximate surface area is 197 Å². The summed E-state index contributed by atoms with van der Waals surface area (Å²) in [6.07, 6.45) is 1.56. The Morgan fingerprint density at radius 3 is 2.56 bits per heavy atom. The summed E-state index contributed by atoms with van der Waals surface area (Å²) in [6, 6.07) is 18.9. The third-order valence-electron chi connectivity index (χ3n) is 4.60. The molecule has 5 rings (SSSR count). The van der Waals surface area contributed by atoms with Gasteiger partial charge in [0.25, 0.3) is 5.89 Å². The number of furan rings is 1. The Morgan fingerprint density at radius 1 is 0.906 bits per heavy atom. The van der Waals surface area contributed by atoms with Crippen LogP contribution in [0.25, 0.3) is 23.0 Å². The lowest BCUT2D eigenvalue weighted by atomic mass is 10.2. The van der Waals surface area contributed by atoms with Crippen LogP contribution in [-0.2, 0) is 12.3 Å².